The van der Waals surface area contributed by atoms with Crippen molar-refractivity contribution in [2.45, 2.75) is 71.1 Å². The van der Waals surface area contributed by atoms with E-state index in [1.807, 2.05) is 0 Å². The van der Waals surface area contributed by atoms with Crippen LogP contribution in [0.1, 0.15) is 71.1 Å². The van der Waals surface area contributed by atoms with E-state index in [0.717, 1.165) is 32.5 Å². The summed E-state index contributed by atoms with van der Waals surface area (Å²) in [6.45, 7) is 4.42. The van der Waals surface area contributed by atoms with Crippen molar-refractivity contribution in [3.63, 3.8) is 0 Å². The van der Waals surface area contributed by atoms with Crippen LogP contribution >= 0.6 is 0 Å². The second-order valence-corrected chi connectivity index (χ2v) is 4.52. The van der Waals surface area contributed by atoms with E-state index in [0.29, 0.717) is 6.61 Å². The topological polar surface area (TPSA) is 29.5 Å². The summed E-state index contributed by atoms with van der Waals surface area (Å²) in [6.07, 6.45) is 12.4. The first-order valence-electron chi connectivity index (χ1n) is 7.10. The number of unbranched alkanes of at least 4 members (excludes halogenated alkanes) is 8. The van der Waals surface area contributed by atoms with Crippen LogP contribution < -0.4 is 0 Å². The van der Waals surface area contributed by atoms with Gasteiger partial charge in [0, 0.05) is 19.8 Å². The molecule has 0 bridgehead atoms. The zero-order valence-electron chi connectivity index (χ0n) is 11.0. The van der Waals surface area contributed by atoms with Gasteiger partial charge in [0.1, 0.15) is 0 Å². The monoisotopic (exact) mass is 254 g/mol. The molecule has 0 aliphatic carbocycles. The van der Waals surface area contributed by atoms with Gasteiger partial charge in [0.2, 0.25) is 0 Å². The van der Waals surface area contributed by atoms with Crippen molar-refractivity contribution >= 4 is 29.6 Å². The molecule has 0 heterocycles. The second kappa shape index (κ2) is 19.3. The first-order valence-corrected chi connectivity index (χ1v) is 7.10. The van der Waals surface area contributed by atoms with E-state index in [4.69, 9.17) is 9.84 Å². The number of aliphatic hydroxyl groups excluding tert-OH is 1. The molecule has 0 aliphatic heterocycles. The van der Waals surface area contributed by atoms with Crippen LogP contribution in [0.15, 0.2) is 0 Å². The van der Waals surface area contributed by atoms with Crippen molar-refractivity contribution in [3.8, 4) is 0 Å². The fourth-order valence-electron chi connectivity index (χ4n) is 1.76. The number of hydrogen-bond donors (Lipinski definition) is 1. The molecule has 100 valence electrons. The van der Waals surface area contributed by atoms with E-state index in [-0.39, 0.29) is 29.6 Å². The maximum absolute atomic E-state index is 8.60. The number of rotatable bonds is 13. The normalized spacial score (nSPS) is 10.2. The quantitative estimate of drug-likeness (QED) is 0.404. The van der Waals surface area contributed by atoms with E-state index in [9.17, 15) is 0 Å². The summed E-state index contributed by atoms with van der Waals surface area (Å²) in [5.74, 6) is 0. The third kappa shape index (κ3) is 19.4. The van der Waals surface area contributed by atoms with Crippen LogP contribution in [-0.2, 0) is 4.74 Å². The molecule has 0 spiro atoms. The summed E-state index contributed by atoms with van der Waals surface area (Å²) >= 11 is 0. The average Bonchev–Trinajstić information content (AvgIpc) is 2.31. The second-order valence-electron chi connectivity index (χ2n) is 4.52. The van der Waals surface area contributed by atoms with E-state index in [2.05, 4.69) is 6.92 Å². The first kappa shape index (κ1) is 20.2. The first-order chi connectivity index (χ1) is 7.91. The maximum atomic E-state index is 8.60. The van der Waals surface area contributed by atoms with E-state index in [1.165, 1.54) is 44.9 Å². The third-order valence-electron chi connectivity index (χ3n) is 2.84. The Morgan fingerprint density at radius 1 is 0.706 bits per heavy atom. The Bertz CT molecular complexity index is 107. The molecule has 0 fully saturated rings. The van der Waals surface area contributed by atoms with Gasteiger partial charge in [-0.3, -0.25) is 0 Å². The molecule has 0 aromatic rings. The molecule has 0 radical (unpaired) electrons. The molecule has 1 N–H and O–H groups in total. The van der Waals surface area contributed by atoms with Gasteiger partial charge in [0.15, 0.2) is 0 Å². The van der Waals surface area contributed by atoms with Crippen LogP contribution in [0.2, 0.25) is 0 Å². The Kier molecular flexibility index (Phi) is 22.9. The minimum absolute atomic E-state index is 0. The average molecular weight is 254 g/mol. The summed E-state index contributed by atoms with van der Waals surface area (Å²) in [7, 11) is 0. The molecular weight excluding hydrogens is 223 g/mol. The number of ether oxygens (including phenoxy) is 1. The van der Waals surface area contributed by atoms with Crippen LogP contribution in [0.4, 0.5) is 0 Å². The summed E-state index contributed by atoms with van der Waals surface area (Å²) in [5.41, 5.74) is 0. The SMILES string of the molecule is CCCCCCCCOCCCCCCO.[NaH]. The Morgan fingerprint density at radius 2 is 1.18 bits per heavy atom. The number of hydrogen-bond acceptors (Lipinski definition) is 2. The van der Waals surface area contributed by atoms with Crippen LogP contribution in [-0.4, -0.2) is 54.5 Å². The minimum atomic E-state index is 0. The Morgan fingerprint density at radius 3 is 1.71 bits per heavy atom. The molecule has 0 amide bonds. The molecule has 0 aromatic carbocycles. The van der Waals surface area contributed by atoms with Gasteiger partial charge in [0.05, 0.1) is 0 Å². The Labute approximate surface area is 130 Å². The Balaban J connectivity index is 0. The van der Waals surface area contributed by atoms with E-state index in [1.54, 1.807) is 0 Å². The molecule has 0 rings (SSSR count). The van der Waals surface area contributed by atoms with Crippen LogP contribution in [0, 0.1) is 0 Å². The van der Waals surface area contributed by atoms with Gasteiger partial charge in [-0.05, 0) is 19.3 Å². The summed E-state index contributed by atoms with van der Waals surface area (Å²) in [5, 5.41) is 8.60. The summed E-state index contributed by atoms with van der Waals surface area (Å²) < 4.78 is 5.56. The molecule has 0 unspecified atom stereocenters. The molecule has 2 nitrogen and oxygen atoms in total. The molecule has 3 heteroatoms. The zero-order chi connectivity index (χ0) is 11.9. The predicted molar refractivity (Wildman–Crippen MR) is 76.9 cm³/mol. The van der Waals surface area contributed by atoms with Crippen LogP contribution in [0.25, 0.3) is 0 Å². The van der Waals surface area contributed by atoms with Gasteiger partial charge >= 0.3 is 29.6 Å². The van der Waals surface area contributed by atoms with Crippen molar-refractivity contribution < 1.29 is 9.84 Å². The molecular formula is C14H31NaO2. The Hall–Kier alpha value is 0.920. The third-order valence-corrected chi connectivity index (χ3v) is 2.84. The van der Waals surface area contributed by atoms with Gasteiger partial charge in [-0.25, -0.2) is 0 Å². The standard InChI is InChI=1S/C14H30O2.Na.H/c1-2-3-4-5-7-10-13-16-14-11-8-6-9-12-15;;/h15H,2-14H2,1H3;;. The van der Waals surface area contributed by atoms with Gasteiger partial charge in [-0.2, -0.15) is 0 Å². The molecule has 0 aliphatic rings. The summed E-state index contributed by atoms with van der Waals surface area (Å²) in [6, 6.07) is 0. The number of aliphatic hydroxyl groups is 1. The molecule has 0 aromatic heterocycles. The van der Waals surface area contributed by atoms with Gasteiger partial charge in [0.25, 0.3) is 0 Å². The van der Waals surface area contributed by atoms with Crippen LogP contribution in [0.3, 0.4) is 0 Å². The van der Waals surface area contributed by atoms with E-state index >= 15 is 0 Å². The van der Waals surface area contributed by atoms with Crippen molar-refractivity contribution in [1.82, 2.24) is 0 Å². The van der Waals surface area contributed by atoms with Crippen molar-refractivity contribution in [2.24, 2.45) is 0 Å². The molecule has 0 saturated carbocycles. The zero-order valence-corrected chi connectivity index (χ0v) is 11.0. The molecule has 0 atom stereocenters. The fraction of sp³-hybridized carbons (Fsp3) is 1.00. The van der Waals surface area contributed by atoms with Gasteiger partial charge < -0.3 is 9.84 Å². The molecule has 17 heavy (non-hydrogen) atoms. The van der Waals surface area contributed by atoms with Crippen molar-refractivity contribution in [1.29, 1.82) is 0 Å². The van der Waals surface area contributed by atoms with Gasteiger partial charge in [-0.15, -0.1) is 0 Å². The molecule has 0 saturated heterocycles. The fourth-order valence-corrected chi connectivity index (χ4v) is 1.76. The van der Waals surface area contributed by atoms with E-state index < -0.39 is 0 Å². The van der Waals surface area contributed by atoms with Gasteiger partial charge in [-0.1, -0.05) is 51.9 Å². The van der Waals surface area contributed by atoms with Crippen molar-refractivity contribution in [3.05, 3.63) is 0 Å². The van der Waals surface area contributed by atoms with Crippen molar-refractivity contribution in [2.75, 3.05) is 19.8 Å². The van der Waals surface area contributed by atoms with Crippen LogP contribution in [0.5, 0.6) is 0 Å². The predicted octanol–water partition coefficient (Wildman–Crippen LogP) is 3.27. The summed E-state index contributed by atoms with van der Waals surface area (Å²) in [4.78, 5) is 0.